The van der Waals surface area contributed by atoms with Crippen molar-refractivity contribution in [3.63, 3.8) is 0 Å². The lowest BCUT2D eigenvalue weighted by Crippen LogP contribution is -2.56. The lowest BCUT2D eigenvalue weighted by atomic mass is 10.0. The molecule has 3 aromatic heterocycles. The maximum absolute atomic E-state index is 14.3. The third-order valence-corrected chi connectivity index (χ3v) is 10.5. The summed E-state index contributed by atoms with van der Waals surface area (Å²) in [5, 5.41) is 5.66. The monoisotopic (exact) mass is 775 g/mol. The number of piperazine rings is 1. The van der Waals surface area contributed by atoms with Crippen LogP contribution < -0.4 is 20.3 Å². The number of benzene rings is 3. The fourth-order valence-corrected chi connectivity index (χ4v) is 7.57. The van der Waals surface area contributed by atoms with E-state index in [1.165, 1.54) is 6.07 Å². The molecule has 5 heterocycles. The number of methoxy groups -OCH3 is 1. The van der Waals surface area contributed by atoms with E-state index in [4.69, 9.17) is 14.7 Å². The number of aromatic nitrogens is 4. The second-order valence-electron chi connectivity index (χ2n) is 13.9. The van der Waals surface area contributed by atoms with Crippen molar-refractivity contribution >= 4 is 40.5 Å². The topological polar surface area (TPSA) is 120 Å². The summed E-state index contributed by atoms with van der Waals surface area (Å²) in [6, 6.07) is 23.7. The van der Waals surface area contributed by atoms with Crippen molar-refractivity contribution in [1.82, 2.24) is 29.2 Å². The number of carbonyl (C=O) groups excluding carboxylic acids is 2. The molecule has 2 aliphatic heterocycles. The van der Waals surface area contributed by atoms with Crippen LogP contribution in [0.15, 0.2) is 97.3 Å². The van der Waals surface area contributed by atoms with Gasteiger partial charge in [-0.3, -0.25) is 18.9 Å². The van der Waals surface area contributed by atoms with Crippen LogP contribution in [-0.4, -0.2) is 100 Å². The predicted molar refractivity (Wildman–Crippen MR) is 212 cm³/mol. The Hall–Kier alpha value is -6.48. The third kappa shape index (κ3) is 7.83. The Bertz CT molecular complexity index is 2420. The lowest BCUT2D eigenvalue weighted by molar-refractivity contribution is -0.137. The molecule has 2 aliphatic rings. The number of nitrogens with zero attached hydrogens (tertiary/aromatic N) is 7. The van der Waals surface area contributed by atoms with Gasteiger partial charge in [0.2, 0.25) is 11.9 Å². The summed E-state index contributed by atoms with van der Waals surface area (Å²) in [5.41, 5.74) is 4.31. The summed E-state index contributed by atoms with van der Waals surface area (Å²) in [7, 11) is 1.61. The molecule has 2 amide bonds. The third-order valence-electron chi connectivity index (χ3n) is 10.5. The molecule has 15 heteroatoms. The molecule has 12 nitrogen and oxygen atoms in total. The molecule has 0 saturated carbocycles. The Labute approximate surface area is 326 Å². The number of amides is 2. The number of rotatable bonds is 11. The maximum Gasteiger partial charge on any atom is 0.255 e. The molecule has 292 valence electrons. The van der Waals surface area contributed by atoms with E-state index in [0.717, 1.165) is 50.3 Å². The zero-order valence-corrected chi connectivity index (χ0v) is 31.2. The number of hydrogen-bond donors (Lipinski definition) is 2. The van der Waals surface area contributed by atoms with Crippen LogP contribution in [0.3, 0.4) is 0 Å². The molecule has 0 spiro atoms. The molecule has 57 heavy (non-hydrogen) atoms. The van der Waals surface area contributed by atoms with Crippen LogP contribution in [-0.2, 0) is 4.79 Å². The number of ether oxygens (including phenoxy) is 1. The maximum atomic E-state index is 14.3. The van der Waals surface area contributed by atoms with Crippen LogP contribution in [0, 0.1) is 11.6 Å². The Morgan fingerprint density at radius 1 is 0.912 bits per heavy atom. The van der Waals surface area contributed by atoms with E-state index >= 15 is 0 Å². The molecule has 0 atom stereocenters. The SMILES string of the molecule is COc1cc(N2CCC(N3CCN(CCF)C(=O)C3)CC2)ccc1Nc1nccc(-c2c(-c3cccc(C(=O)Nc4c(F)cccc4F)c3)nc3ccccn23)n1. The number of carbonyl (C=O) groups is 2. The minimum Gasteiger partial charge on any atom is -0.494 e. The minimum absolute atomic E-state index is 0.00240. The zero-order chi connectivity index (χ0) is 39.5. The van der Waals surface area contributed by atoms with Crippen molar-refractivity contribution in [3.8, 4) is 28.4 Å². The molecule has 2 fully saturated rings. The fraction of sp³-hybridized carbons (Fsp3) is 0.262. The Kier molecular flexibility index (Phi) is 10.7. The van der Waals surface area contributed by atoms with Gasteiger partial charge in [0.1, 0.15) is 35.4 Å². The summed E-state index contributed by atoms with van der Waals surface area (Å²) in [5.74, 6) is -1.51. The summed E-state index contributed by atoms with van der Waals surface area (Å²) in [6.45, 7) is 2.97. The number of halogens is 3. The van der Waals surface area contributed by atoms with Gasteiger partial charge in [0, 0.05) is 74.0 Å². The molecule has 0 aliphatic carbocycles. The van der Waals surface area contributed by atoms with Gasteiger partial charge in [0.05, 0.1) is 36.4 Å². The second-order valence-corrected chi connectivity index (χ2v) is 13.9. The quantitative estimate of drug-likeness (QED) is 0.146. The number of nitrogens with one attached hydrogen (secondary N) is 2. The molecular formula is C42H40F3N9O3. The normalized spacial score (nSPS) is 15.3. The van der Waals surface area contributed by atoms with Crippen molar-refractivity contribution < 1.29 is 27.5 Å². The van der Waals surface area contributed by atoms with Gasteiger partial charge < -0.3 is 25.2 Å². The van der Waals surface area contributed by atoms with E-state index in [1.807, 2.05) is 47.0 Å². The highest BCUT2D eigenvalue weighted by Gasteiger charge is 2.31. The van der Waals surface area contributed by atoms with Crippen molar-refractivity contribution in [3.05, 3.63) is 115 Å². The Morgan fingerprint density at radius 3 is 2.49 bits per heavy atom. The van der Waals surface area contributed by atoms with E-state index in [0.29, 0.717) is 64.8 Å². The number of imidazole rings is 1. The van der Waals surface area contributed by atoms with E-state index in [1.54, 1.807) is 48.5 Å². The number of para-hydroxylation sites is 1. The van der Waals surface area contributed by atoms with E-state index in [-0.39, 0.29) is 18.0 Å². The molecule has 3 aromatic carbocycles. The molecule has 0 bridgehead atoms. The van der Waals surface area contributed by atoms with Gasteiger partial charge in [0.25, 0.3) is 5.91 Å². The second kappa shape index (κ2) is 16.3. The highest BCUT2D eigenvalue weighted by atomic mass is 19.1. The minimum atomic E-state index is -0.876. The van der Waals surface area contributed by atoms with Crippen LogP contribution >= 0.6 is 0 Å². The average Bonchev–Trinajstić information content (AvgIpc) is 3.63. The Balaban J connectivity index is 1.01. The van der Waals surface area contributed by atoms with E-state index in [2.05, 4.69) is 25.4 Å². The molecule has 6 aromatic rings. The lowest BCUT2D eigenvalue weighted by Gasteiger charge is -2.42. The van der Waals surface area contributed by atoms with Crippen LogP contribution in [0.2, 0.25) is 0 Å². The molecule has 2 saturated heterocycles. The van der Waals surface area contributed by atoms with Crippen molar-refractivity contribution in [1.29, 1.82) is 0 Å². The first-order valence-corrected chi connectivity index (χ1v) is 18.7. The van der Waals surface area contributed by atoms with Crippen molar-refractivity contribution in [2.45, 2.75) is 18.9 Å². The number of hydrogen-bond acceptors (Lipinski definition) is 9. The van der Waals surface area contributed by atoms with Gasteiger partial charge in [-0.2, -0.15) is 0 Å². The van der Waals surface area contributed by atoms with Gasteiger partial charge in [-0.1, -0.05) is 24.3 Å². The largest absolute Gasteiger partial charge is 0.494 e. The molecule has 0 unspecified atom stereocenters. The van der Waals surface area contributed by atoms with Gasteiger partial charge >= 0.3 is 0 Å². The first-order valence-electron chi connectivity index (χ1n) is 18.7. The van der Waals surface area contributed by atoms with Crippen LogP contribution in [0.4, 0.5) is 36.2 Å². The fourth-order valence-electron chi connectivity index (χ4n) is 7.57. The van der Waals surface area contributed by atoms with Crippen LogP contribution in [0.25, 0.3) is 28.3 Å². The number of alkyl halides is 1. The first-order chi connectivity index (χ1) is 27.8. The van der Waals surface area contributed by atoms with Gasteiger partial charge in [-0.05, 0) is 67.4 Å². The Morgan fingerprint density at radius 2 is 1.72 bits per heavy atom. The van der Waals surface area contributed by atoms with Crippen LogP contribution in [0.5, 0.6) is 5.75 Å². The molecule has 8 rings (SSSR count). The summed E-state index contributed by atoms with van der Waals surface area (Å²) in [6.07, 6.45) is 5.33. The number of fused-ring (bicyclic) bond motifs is 1. The number of piperidine rings is 1. The van der Waals surface area contributed by atoms with Gasteiger partial charge in [0.15, 0.2) is 0 Å². The van der Waals surface area contributed by atoms with Crippen molar-refractivity contribution in [2.24, 2.45) is 0 Å². The molecule has 2 N–H and O–H groups in total. The average molecular weight is 776 g/mol. The molecular weight excluding hydrogens is 736 g/mol. The standard InChI is InChI=1S/C42H40F3N9O3/c1-57-35-25-30(51-19-14-29(15-20-51)53-23-22-52(21-16-43)37(55)26-53)11-12-33(35)47-42-46-17-13-34(48-42)40-38(49-36-10-2-3-18-54(36)40)27-6-4-7-28(24-27)41(56)50-39-31(44)8-5-9-32(39)45/h2-13,17-18,24-25,29H,14-16,19-23,26H2,1H3,(H,50,56)(H,46,47,48). The highest BCUT2D eigenvalue weighted by Crippen LogP contribution is 2.36. The van der Waals surface area contributed by atoms with Gasteiger partial charge in [-0.25, -0.2) is 28.1 Å². The van der Waals surface area contributed by atoms with Crippen LogP contribution in [0.1, 0.15) is 23.2 Å². The molecule has 0 radical (unpaired) electrons. The zero-order valence-electron chi connectivity index (χ0n) is 31.2. The summed E-state index contributed by atoms with van der Waals surface area (Å²) >= 11 is 0. The number of anilines is 4. The van der Waals surface area contributed by atoms with Gasteiger partial charge in [-0.15, -0.1) is 0 Å². The van der Waals surface area contributed by atoms with Crippen molar-refractivity contribution in [2.75, 3.05) is 68.6 Å². The van der Waals surface area contributed by atoms with E-state index in [9.17, 15) is 22.8 Å². The number of pyridine rings is 1. The summed E-state index contributed by atoms with van der Waals surface area (Å²) < 4.78 is 49.2. The van der Waals surface area contributed by atoms with E-state index < -0.39 is 29.9 Å². The smallest absolute Gasteiger partial charge is 0.255 e. The first kappa shape index (κ1) is 37.4. The predicted octanol–water partition coefficient (Wildman–Crippen LogP) is 6.82. The summed E-state index contributed by atoms with van der Waals surface area (Å²) in [4.78, 5) is 46.1. The highest BCUT2D eigenvalue weighted by molar-refractivity contribution is 6.05.